The largest absolute Gasteiger partial charge is 0.410 e. The van der Waals surface area contributed by atoms with Crippen LogP contribution in [-0.4, -0.2) is 5.21 Å². The molecule has 0 amide bonds. The summed E-state index contributed by atoms with van der Waals surface area (Å²) in [6.45, 7) is 0. The summed E-state index contributed by atoms with van der Waals surface area (Å²) >= 11 is 0. The van der Waals surface area contributed by atoms with Crippen LogP contribution in [-0.2, 0) is 0 Å². The van der Waals surface area contributed by atoms with Gasteiger partial charge in [0.25, 0.3) is 0 Å². The lowest BCUT2D eigenvalue weighted by Crippen LogP contribution is -2.47. The Morgan fingerprint density at radius 1 is 1.00 bits per heavy atom. The highest BCUT2D eigenvalue weighted by Gasteiger charge is 2.00. The summed E-state index contributed by atoms with van der Waals surface area (Å²) in [6, 6.07) is 11.1. The second kappa shape index (κ2) is 5.05. The van der Waals surface area contributed by atoms with Gasteiger partial charge >= 0.3 is 0 Å². The van der Waals surface area contributed by atoms with Crippen molar-refractivity contribution in [2.45, 2.75) is 0 Å². The van der Waals surface area contributed by atoms with E-state index in [9.17, 15) is 9.59 Å². The molecular weight excluding hydrogens is 234 g/mol. The Hall–Kier alpha value is -2.76. The van der Waals surface area contributed by atoms with E-state index in [1.54, 1.807) is 24.3 Å². The number of para-hydroxylation sites is 1. The van der Waals surface area contributed by atoms with Gasteiger partial charge in [-0.3, -0.25) is 15.0 Å². The molecule has 2 N–H and O–H groups in total. The van der Waals surface area contributed by atoms with E-state index in [1.165, 1.54) is 0 Å². The first kappa shape index (κ1) is 11.7. The van der Waals surface area contributed by atoms with E-state index < -0.39 is 10.9 Å². The maximum absolute atomic E-state index is 11.7. The Morgan fingerprint density at radius 2 is 1.72 bits per heavy atom. The summed E-state index contributed by atoms with van der Waals surface area (Å²) in [7, 11) is 0. The molecule has 6 nitrogen and oxygen atoms in total. The molecule has 0 atom stereocenters. The zero-order valence-corrected chi connectivity index (χ0v) is 9.20. The average molecular weight is 243 g/mol. The number of rotatable bonds is 2. The third-order valence-electron chi connectivity index (χ3n) is 2.25. The molecule has 6 heteroatoms. The van der Waals surface area contributed by atoms with Crippen LogP contribution in [0.1, 0.15) is 0 Å². The van der Waals surface area contributed by atoms with Crippen molar-refractivity contribution in [3.05, 3.63) is 73.6 Å². The van der Waals surface area contributed by atoms with Gasteiger partial charge in [0.05, 0.1) is 5.69 Å². The second-order valence-electron chi connectivity index (χ2n) is 3.45. The molecule has 2 rings (SSSR count). The van der Waals surface area contributed by atoms with E-state index in [2.05, 4.69) is 15.7 Å². The molecule has 0 aliphatic heterocycles. The second-order valence-corrected chi connectivity index (χ2v) is 3.45. The summed E-state index contributed by atoms with van der Waals surface area (Å²) in [5.74, 6) is 0. The molecule has 90 valence electrons. The minimum absolute atomic E-state index is 0.219. The number of benzene rings is 2. The minimum Gasteiger partial charge on any atom is -0.410 e. The summed E-state index contributed by atoms with van der Waals surface area (Å²) < 4.78 is 0. The van der Waals surface area contributed by atoms with Crippen LogP contribution in [0.3, 0.4) is 0 Å². The molecule has 18 heavy (non-hydrogen) atoms. The molecule has 0 aliphatic rings. The minimum atomic E-state index is -0.714. The third kappa shape index (κ3) is 2.32. The van der Waals surface area contributed by atoms with E-state index in [0.29, 0.717) is 5.69 Å². The van der Waals surface area contributed by atoms with Crippen molar-refractivity contribution in [2.75, 3.05) is 5.43 Å². The van der Waals surface area contributed by atoms with Gasteiger partial charge in [0.15, 0.2) is 10.7 Å². The van der Waals surface area contributed by atoms with Gasteiger partial charge in [0.1, 0.15) is 0 Å². The molecule has 2 aromatic rings. The topological polar surface area (TPSA) is 91.1 Å². The number of nitrogens with zero attached hydrogens (tertiary/aromatic N) is 2. The lowest BCUT2D eigenvalue weighted by molar-refractivity contribution is 0.301. The van der Waals surface area contributed by atoms with Gasteiger partial charge in [-0.15, -0.1) is 0 Å². The Balaban J connectivity index is 2.53. The van der Waals surface area contributed by atoms with Gasteiger partial charge in [-0.25, -0.2) is 0 Å². The molecule has 2 aromatic carbocycles. The number of nitrogens with one attached hydrogen (secondary N) is 1. The van der Waals surface area contributed by atoms with Crippen LogP contribution < -0.4 is 27.0 Å². The molecule has 0 unspecified atom stereocenters. The highest BCUT2D eigenvalue weighted by atomic mass is 16.4. The molecule has 0 aromatic heterocycles. The van der Waals surface area contributed by atoms with Crippen molar-refractivity contribution in [3.63, 3.8) is 0 Å². The summed E-state index contributed by atoms with van der Waals surface area (Å²) in [5, 5.41) is 14.6. The lowest BCUT2D eigenvalue weighted by atomic mass is 10.3. The average Bonchev–Trinajstić information content (AvgIpc) is 2.40. The zero-order chi connectivity index (χ0) is 13.0. The molecule has 0 radical (unpaired) electrons. The van der Waals surface area contributed by atoms with Crippen LogP contribution in [0.15, 0.2) is 62.3 Å². The fourth-order valence-electron chi connectivity index (χ4n) is 1.36. The Bertz CT molecular complexity index is 760. The van der Waals surface area contributed by atoms with Crippen LogP contribution >= 0.6 is 0 Å². The first-order valence-corrected chi connectivity index (χ1v) is 5.10. The molecule has 0 fully saturated rings. The molecule has 0 aliphatic carbocycles. The predicted octanol–water partition coefficient (Wildman–Crippen LogP) is -0.500. The van der Waals surface area contributed by atoms with Gasteiger partial charge in [-0.05, 0) is 24.3 Å². The van der Waals surface area contributed by atoms with E-state index in [-0.39, 0.29) is 10.7 Å². The SMILES string of the molecule is O=c1cc/c(=N\O)c(=O)/c1=N\Nc1ccccc1. The normalized spacial score (nSPS) is 12.7. The number of hydrogen-bond acceptors (Lipinski definition) is 6. The summed E-state index contributed by atoms with van der Waals surface area (Å²) in [5.41, 5.74) is 1.99. The molecule has 0 spiro atoms. The van der Waals surface area contributed by atoms with Crippen molar-refractivity contribution in [1.29, 1.82) is 0 Å². The quantitative estimate of drug-likeness (QED) is 0.549. The molecular formula is C12H9N3O3. The number of hydrogen-bond donors (Lipinski definition) is 2. The van der Waals surface area contributed by atoms with E-state index in [1.807, 2.05) is 6.07 Å². The van der Waals surface area contributed by atoms with Gasteiger partial charge in [0.2, 0.25) is 10.9 Å². The van der Waals surface area contributed by atoms with Crippen molar-refractivity contribution in [3.8, 4) is 0 Å². The predicted molar refractivity (Wildman–Crippen MR) is 64.3 cm³/mol. The summed E-state index contributed by atoms with van der Waals surface area (Å²) in [4.78, 5) is 23.1. The van der Waals surface area contributed by atoms with Crippen molar-refractivity contribution < 1.29 is 5.21 Å². The smallest absolute Gasteiger partial charge is 0.238 e. The van der Waals surface area contributed by atoms with Crippen LogP contribution in [0.25, 0.3) is 0 Å². The third-order valence-corrected chi connectivity index (χ3v) is 2.25. The lowest BCUT2D eigenvalue weighted by Gasteiger charge is -1.96. The fourth-order valence-corrected chi connectivity index (χ4v) is 1.36. The Kier molecular flexibility index (Phi) is 3.29. The molecule has 0 bridgehead atoms. The first-order valence-electron chi connectivity index (χ1n) is 5.10. The van der Waals surface area contributed by atoms with Crippen molar-refractivity contribution in [1.82, 2.24) is 0 Å². The number of anilines is 1. The maximum atomic E-state index is 11.7. The van der Waals surface area contributed by atoms with Gasteiger partial charge in [0, 0.05) is 0 Å². The Morgan fingerprint density at radius 3 is 2.39 bits per heavy atom. The Labute approximate surface area is 101 Å². The van der Waals surface area contributed by atoms with Gasteiger partial charge < -0.3 is 5.21 Å². The zero-order valence-electron chi connectivity index (χ0n) is 9.20. The van der Waals surface area contributed by atoms with Crippen molar-refractivity contribution in [2.24, 2.45) is 10.3 Å². The summed E-state index contributed by atoms with van der Waals surface area (Å²) in [6.07, 6.45) is 0. The monoisotopic (exact) mass is 243 g/mol. The highest BCUT2D eigenvalue weighted by Crippen LogP contribution is 2.03. The van der Waals surface area contributed by atoms with Crippen LogP contribution in [0.2, 0.25) is 0 Å². The molecule has 0 saturated heterocycles. The fraction of sp³-hybridized carbons (Fsp3) is 0. The van der Waals surface area contributed by atoms with Crippen LogP contribution in [0, 0.1) is 0 Å². The van der Waals surface area contributed by atoms with Gasteiger partial charge in [-0.2, -0.15) is 5.10 Å². The highest BCUT2D eigenvalue weighted by molar-refractivity contribution is 5.41. The van der Waals surface area contributed by atoms with Crippen LogP contribution in [0.4, 0.5) is 5.69 Å². The standard InChI is InChI=1S/C12H9N3O3/c16-10-7-6-9(15-18)12(17)11(10)14-13-8-4-2-1-3-5-8/h1-7,13,18H/b14-11-,15-9+. The van der Waals surface area contributed by atoms with Crippen molar-refractivity contribution >= 4 is 5.69 Å². The molecule has 0 heterocycles. The molecule has 0 saturated carbocycles. The first-order chi connectivity index (χ1) is 8.72. The van der Waals surface area contributed by atoms with E-state index >= 15 is 0 Å². The van der Waals surface area contributed by atoms with Crippen LogP contribution in [0.5, 0.6) is 0 Å². The maximum Gasteiger partial charge on any atom is 0.238 e. The van der Waals surface area contributed by atoms with E-state index in [4.69, 9.17) is 5.21 Å². The van der Waals surface area contributed by atoms with E-state index in [0.717, 1.165) is 12.1 Å². The van der Waals surface area contributed by atoms with Gasteiger partial charge in [-0.1, -0.05) is 23.4 Å².